The molecule has 3 amide bonds. The second-order valence-electron chi connectivity index (χ2n) is 9.32. The summed E-state index contributed by atoms with van der Waals surface area (Å²) in [6.45, 7) is 7.71. The number of rotatable bonds is 4. The van der Waals surface area contributed by atoms with Crippen LogP contribution in [0, 0.1) is 5.92 Å². The van der Waals surface area contributed by atoms with Crippen molar-refractivity contribution in [1.29, 1.82) is 0 Å². The van der Waals surface area contributed by atoms with E-state index in [1.807, 2.05) is 13.8 Å². The molecule has 3 heterocycles. The van der Waals surface area contributed by atoms with Crippen molar-refractivity contribution < 1.29 is 27.5 Å². The van der Waals surface area contributed by atoms with E-state index >= 15 is 0 Å². The molecule has 0 saturated carbocycles. The molecule has 0 unspecified atom stereocenters. The Morgan fingerprint density at radius 2 is 1.66 bits per heavy atom. The van der Waals surface area contributed by atoms with Gasteiger partial charge in [0.05, 0.1) is 11.3 Å². The summed E-state index contributed by atoms with van der Waals surface area (Å²) in [5.41, 5.74) is -1.57. The SMILES string of the molecule is CC(C)N1C(=O)N(c2ccc(C(F)(F)F)cc2)C(=O)C12CCN(CC1CCOCC1)CC2. The van der Waals surface area contributed by atoms with Crippen molar-refractivity contribution in [3.05, 3.63) is 29.8 Å². The zero-order chi connectivity index (χ0) is 23.1. The van der Waals surface area contributed by atoms with Crippen LogP contribution in [0.2, 0.25) is 0 Å². The van der Waals surface area contributed by atoms with Gasteiger partial charge in [0, 0.05) is 38.9 Å². The van der Waals surface area contributed by atoms with Crippen LogP contribution in [0.4, 0.5) is 23.7 Å². The van der Waals surface area contributed by atoms with E-state index in [-0.39, 0.29) is 17.6 Å². The first-order chi connectivity index (χ1) is 15.1. The topological polar surface area (TPSA) is 53.1 Å². The van der Waals surface area contributed by atoms with Crippen LogP contribution >= 0.6 is 0 Å². The van der Waals surface area contributed by atoms with E-state index in [2.05, 4.69) is 4.90 Å². The number of benzene rings is 1. The van der Waals surface area contributed by atoms with Gasteiger partial charge in [0.1, 0.15) is 5.54 Å². The number of likely N-dealkylation sites (tertiary alicyclic amines) is 1. The molecule has 1 aromatic rings. The lowest BCUT2D eigenvalue weighted by Crippen LogP contribution is -2.58. The number of amides is 3. The van der Waals surface area contributed by atoms with Crippen molar-refractivity contribution in [3.8, 4) is 0 Å². The van der Waals surface area contributed by atoms with Gasteiger partial charge in [-0.05, 0) is 69.7 Å². The molecule has 0 radical (unpaired) electrons. The van der Waals surface area contributed by atoms with Crippen molar-refractivity contribution in [3.63, 3.8) is 0 Å². The fraction of sp³-hybridized carbons (Fsp3) is 0.652. The third-order valence-electron chi connectivity index (χ3n) is 6.97. The first-order valence-corrected chi connectivity index (χ1v) is 11.3. The van der Waals surface area contributed by atoms with E-state index in [4.69, 9.17) is 4.74 Å². The molecule has 3 fully saturated rings. The molecule has 0 atom stereocenters. The van der Waals surface area contributed by atoms with Crippen molar-refractivity contribution in [2.24, 2.45) is 5.92 Å². The number of hydrogen-bond donors (Lipinski definition) is 0. The molecule has 176 valence electrons. The highest BCUT2D eigenvalue weighted by molar-refractivity contribution is 6.23. The summed E-state index contributed by atoms with van der Waals surface area (Å²) in [5, 5.41) is 0. The minimum absolute atomic E-state index is 0.181. The Hall–Kier alpha value is -2.13. The highest BCUT2D eigenvalue weighted by Gasteiger charge is 2.59. The van der Waals surface area contributed by atoms with Gasteiger partial charge in [0.15, 0.2) is 0 Å². The van der Waals surface area contributed by atoms with E-state index < -0.39 is 23.3 Å². The van der Waals surface area contributed by atoms with Crippen LogP contribution in [-0.4, -0.2) is 66.2 Å². The van der Waals surface area contributed by atoms with Gasteiger partial charge in [-0.3, -0.25) is 4.79 Å². The van der Waals surface area contributed by atoms with Crippen molar-refractivity contribution in [1.82, 2.24) is 9.80 Å². The lowest BCUT2D eigenvalue weighted by atomic mass is 9.84. The lowest BCUT2D eigenvalue weighted by Gasteiger charge is -2.44. The first kappa shape index (κ1) is 23.0. The van der Waals surface area contributed by atoms with Crippen molar-refractivity contribution in [2.75, 3.05) is 37.7 Å². The van der Waals surface area contributed by atoms with Gasteiger partial charge in [0.2, 0.25) is 0 Å². The molecule has 0 aromatic heterocycles. The maximum absolute atomic E-state index is 13.6. The molecule has 0 bridgehead atoms. The zero-order valence-corrected chi connectivity index (χ0v) is 18.5. The average Bonchev–Trinajstić information content (AvgIpc) is 2.96. The molecule has 0 N–H and O–H groups in total. The third kappa shape index (κ3) is 4.12. The summed E-state index contributed by atoms with van der Waals surface area (Å²) >= 11 is 0. The van der Waals surface area contributed by atoms with Crippen LogP contribution in [0.15, 0.2) is 24.3 Å². The number of piperidine rings is 1. The minimum atomic E-state index is -4.47. The molecule has 32 heavy (non-hydrogen) atoms. The second kappa shape index (κ2) is 8.67. The number of urea groups is 1. The van der Waals surface area contributed by atoms with Crippen LogP contribution in [0.1, 0.15) is 45.1 Å². The Morgan fingerprint density at radius 1 is 1.06 bits per heavy atom. The Balaban J connectivity index is 1.53. The molecule has 9 heteroatoms. The van der Waals surface area contributed by atoms with Crippen LogP contribution in [0.25, 0.3) is 0 Å². The van der Waals surface area contributed by atoms with Crippen LogP contribution in [0.3, 0.4) is 0 Å². The van der Waals surface area contributed by atoms with Crippen LogP contribution in [0.5, 0.6) is 0 Å². The maximum Gasteiger partial charge on any atom is 0.416 e. The summed E-state index contributed by atoms with van der Waals surface area (Å²) in [7, 11) is 0. The fourth-order valence-electron chi connectivity index (χ4n) is 5.29. The largest absolute Gasteiger partial charge is 0.416 e. The highest BCUT2D eigenvalue weighted by atomic mass is 19.4. The molecule has 3 aliphatic heterocycles. The summed E-state index contributed by atoms with van der Waals surface area (Å²) in [6, 6.07) is 3.58. The van der Waals surface area contributed by atoms with Gasteiger partial charge >= 0.3 is 12.2 Å². The number of anilines is 1. The van der Waals surface area contributed by atoms with Crippen molar-refractivity contribution in [2.45, 2.75) is 57.3 Å². The zero-order valence-electron chi connectivity index (χ0n) is 18.5. The maximum atomic E-state index is 13.6. The summed E-state index contributed by atoms with van der Waals surface area (Å²) in [6.07, 6.45) is -1.34. The Kier molecular flexibility index (Phi) is 6.24. The number of carbonyl (C=O) groups excluding carboxylic acids is 2. The number of ether oxygens (including phenoxy) is 1. The molecular weight excluding hydrogens is 423 g/mol. The normalized spacial score (nSPS) is 23.1. The van der Waals surface area contributed by atoms with Gasteiger partial charge in [-0.15, -0.1) is 0 Å². The van der Waals surface area contributed by atoms with Crippen LogP contribution < -0.4 is 4.90 Å². The second-order valence-corrected chi connectivity index (χ2v) is 9.32. The first-order valence-electron chi connectivity index (χ1n) is 11.3. The molecule has 6 nitrogen and oxygen atoms in total. The third-order valence-corrected chi connectivity index (χ3v) is 6.97. The number of halogens is 3. The lowest BCUT2D eigenvalue weighted by molar-refractivity contribution is -0.137. The molecule has 3 aliphatic rings. The van der Waals surface area contributed by atoms with E-state index in [9.17, 15) is 22.8 Å². The monoisotopic (exact) mass is 453 g/mol. The number of imide groups is 1. The number of carbonyl (C=O) groups is 2. The van der Waals surface area contributed by atoms with E-state index in [0.29, 0.717) is 31.8 Å². The van der Waals surface area contributed by atoms with Gasteiger partial charge in [-0.1, -0.05) is 0 Å². The van der Waals surface area contributed by atoms with E-state index in [0.717, 1.165) is 49.6 Å². The van der Waals surface area contributed by atoms with Gasteiger partial charge < -0.3 is 14.5 Å². The van der Waals surface area contributed by atoms with Gasteiger partial charge in [-0.25, -0.2) is 9.69 Å². The molecule has 0 aliphatic carbocycles. The van der Waals surface area contributed by atoms with Crippen LogP contribution in [-0.2, 0) is 15.7 Å². The standard InChI is InChI=1S/C23H30F3N3O3/c1-16(2)29-21(31)28(19-5-3-18(4-6-19)23(24,25)26)20(30)22(29)9-11-27(12-10-22)15-17-7-13-32-14-8-17/h3-6,16-17H,7-15H2,1-2H3. The quantitative estimate of drug-likeness (QED) is 0.643. The molecule has 3 saturated heterocycles. The van der Waals surface area contributed by atoms with E-state index in [1.165, 1.54) is 12.1 Å². The Labute approximate surface area is 186 Å². The minimum Gasteiger partial charge on any atom is -0.381 e. The molecular formula is C23H30F3N3O3. The van der Waals surface area contributed by atoms with Crippen molar-refractivity contribution >= 4 is 17.6 Å². The number of alkyl halides is 3. The Bertz CT molecular complexity index is 842. The highest BCUT2D eigenvalue weighted by Crippen LogP contribution is 2.41. The molecule has 1 aromatic carbocycles. The van der Waals surface area contributed by atoms with Gasteiger partial charge in [-0.2, -0.15) is 13.2 Å². The summed E-state index contributed by atoms with van der Waals surface area (Å²) in [4.78, 5) is 31.9. The molecule has 1 spiro atoms. The van der Waals surface area contributed by atoms with Gasteiger partial charge in [0.25, 0.3) is 5.91 Å². The fourth-order valence-corrected chi connectivity index (χ4v) is 5.29. The van der Waals surface area contributed by atoms with E-state index in [1.54, 1.807) is 4.90 Å². The predicted octanol–water partition coefficient (Wildman–Crippen LogP) is 4.14. The average molecular weight is 454 g/mol. The summed E-state index contributed by atoms with van der Waals surface area (Å²) < 4.78 is 44.3. The number of nitrogens with zero attached hydrogens (tertiary/aromatic N) is 3. The number of hydrogen-bond acceptors (Lipinski definition) is 4. The predicted molar refractivity (Wildman–Crippen MR) is 113 cm³/mol. The smallest absolute Gasteiger partial charge is 0.381 e. The Morgan fingerprint density at radius 3 is 2.19 bits per heavy atom. The summed E-state index contributed by atoms with van der Waals surface area (Å²) in [5.74, 6) is 0.255. The molecule has 4 rings (SSSR count).